The number of hydrogen-bond donors (Lipinski definition) is 1. The van der Waals surface area contributed by atoms with Gasteiger partial charge in [0.1, 0.15) is 0 Å². The highest BCUT2D eigenvalue weighted by atomic mass is 14.9. The highest BCUT2D eigenvalue weighted by molar-refractivity contribution is 5.41. The van der Waals surface area contributed by atoms with Gasteiger partial charge in [-0.15, -0.1) is 0 Å². The van der Waals surface area contributed by atoms with Gasteiger partial charge in [0.25, 0.3) is 0 Å². The Morgan fingerprint density at radius 2 is 2.07 bits per heavy atom. The summed E-state index contributed by atoms with van der Waals surface area (Å²) < 4.78 is 0. The Hall–Kier alpha value is -1.33. The molecule has 0 radical (unpaired) electrons. The number of nitriles is 1. The minimum atomic E-state index is -0.222. The molecule has 2 N–H and O–H groups in total. The summed E-state index contributed by atoms with van der Waals surface area (Å²) in [5.74, 6) is 0. The van der Waals surface area contributed by atoms with Gasteiger partial charge in [-0.25, -0.2) is 0 Å². The highest BCUT2D eigenvalue weighted by Gasteiger charge is 2.59. The van der Waals surface area contributed by atoms with Crippen molar-refractivity contribution in [3.63, 3.8) is 0 Å². The van der Waals surface area contributed by atoms with Crippen LogP contribution in [0.2, 0.25) is 0 Å². The molecule has 2 rings (SSSR count). The maximum atomic E-state index is 8.79. The van der Waals surface area contributed by atoms with Crippen molar-refractivity contribution in [1.29, 1.82) is 5.26 Å². The summed E-state index contributed by atoms with van der Waals surface area (Å²) in [6.07, 6.45) is 0.995. The van der Waals surface area contributed by atoms with Gasteiger partial charge in [0.15, 0.2) is 0 Å². The van der Waals surface area contributed by atoms with Crippen molar-refractivity contribution < 1.29 is 0 Å². The summed E-state index contributed by atoms with van der Waals surface area (Å²) in [6, 6.07) is 9.75. The topological polar surface area (TPSA) is 49.8 Å². The van der Waals surface area contributed by atoms with Gasteiger partial charge in [0.2, 0.25) is 0 Å². The first kappa shape index (κ1) is 9.23. The lowest BCUT2D eigenvalue weighted by Gasteiger charge is -2.15. The molecule has 1 atom stereocenters. The second kappa shape index (κ2) is 2.59. The average Bonchev–Trinajstić information content (AvgIpc) is 2.68. The molecule has 1 aliphatic rings. The molecule has 2 nitrogen and oxygen atoms in total. The summed E-state index contributed by atoms with van der Waals surface area (Å²) in [5.41, 5.74) is 7.98. The van der Waals surface area contributed by atoms with Crippen molar-refractivity contribution in [1.82, 2.24) is 0 Å². The number of benzene rings is 1. The molecule has 2 heteroatoms. The fraction of sp³-hybridized carbons (Fsp3) is 0.417. The van der Waals surface area contributed by atoms with E-state index < -0.39 is 0 Å². The fourth-order valence-corrected chi connectivity index (χ4v) is 2.01. The van der Waals surface area contributed by atoms with Crippen LogP contribution in [0.1, 0.15) is 31.4 Å². The van der Waals surface area contributed by atoms with Crippen LogP contribution in [0.5, 0.6) is 0 Å². The first-order valence-corrected chi connectivity index (χ1v) is 4.79. The largest absolute Gasteiger partial charge is 0.321 e. The molecular formula is C12H14N2. The molecule has 0 saturated heterocycles. The maximum absolute atomic E-state index is 8.79. The van der Waals surface area contributed by atoms with Crippen molar-refractivity contribution in [2.24, 2.45) is 11.1 Å². The van der Waals surface area contributed by atoms with Crippen molar-refractivity contribution in [2.45, 2.75) is 25.8 Å². The van der Waals surface area contributed by atoms with Crippen molar-refractivity contribution in [3.8, 4) is 6.07 Å². The molecule has 1 aromatic rings. The molecule has 0 aromatic heterocycles. The van der Waals surface area contributed by atoms with Crippen LogP contribution in [-0.2, 0) is 5.54 Å². The van der Waals surface area contributed by atoms with E-state index in [1.165, 1.54) is 0 Å². The lowest BCUT2D eigenvalue weighted by Crippen LogP contribution is -2.25. The van der Waals surface area contributed by atoms with E-state index in [0.717, 1.165) is 12.0 Å². The lowest BCUT2D eigenvalue weighted by atomic mass is 9.96. The third-order valence-corrected chi connectivity index (χ3v) is 3.31. The average molecular weight is 186 g/mol. The Labute approximate surface area is 84.3 Å². The summed E-state index contributed by atoms with van der Waals surface area (Å²) in [4.78, 5) is 0. The van der Waals surface area contributed by atoms with Gasteiger partial charge < -0.3 is 5.73 Å². The Morgan fingerprint density at radius 3 is 2.57 bits per heavy atom. The summed E-state index contributed by atoms with van der Waals surface area (Å²) >= 11 is 0. The van der Waals surface area contributed by atoms with E-state index in [9.17, 15) is 0 Å². The van der Waals surface area contributed by atoms with E-state index in [-0.39, 0.29) is 11.0 Å². The van der Waals surface area contributed by atoms with Crippen LogP contribution >= 0.6 is 0 Å². The molecule has 0 heterocycles. The first-order valence-electron chi connectivity index (χ1n) is 4.79. The van der Waals surface area contributed by atoms with Crippen LogP contribution in [0.25, 0.3) is 0 Å². The zero-order valence-electron chi connectivity index (χ0n) is 8.54. The van der Waals surface area contributed by atoms with Gasteiger partial charge in [-0.1, -0.05) is 26.0 Å². The SMILES string of the molecule is CC1(C)CC1(N)c1cccc(C#N)c1. The number of nitrogens with two attached hydrogens (primary N) is 1. The van der Waals surface area contributed by atoms with E-state index in [1.807, 2.05) is 24.3 Å². The van der Waals surface area contributed by atoms with Crippen molar-refractivity contribution >= 4 is 0 Å². The van der Waals surface area contributed by atoms with Gasteiger partial charge in [0, 0.05) is 5.54 Å². The Balaban J connectivity index is 2.41. The molecule has 1 aliphatic carbocycles. The van der Waals surface area contributed by atoms with Crippen LogP contribution < -0.4 is 5.73 Å². The molecule has 1 unspecified atom stereocenters. The van der Waals surface area contributed by atoms with Crippen molar-refractivity contribution in [2.75, 3.05) is 0 Å². The Kier molecular flexibility index (Phi) is 1.71. The Bertz CT molecular complexity index is 415. The first-order chi connectivity index (χ1) is 6.49. The lowest BCUT2D eigenvalue weighted by molar-refractivity contribution is 0.510. The quantitative estimate of drug-likeness (QED) is 0.730. The van der Waals surface area contributed by atoms with E-state index in [1.54, 1.807) is 0 Å². The predicted octanol–water partition coefficient (Wildman–Crippen LogP) is 2.14. The normalized spacial score (nSPS) is 28.1. The van der Waals surface area contributed by atoms with Crippen LogP contribution in [-0.4, -0.2) is 0 Å². The Morgan fingerprint density at radius 1 is 1.43 bits per heavy atom. The molecule has 14 heavy (non-hydrogen) atoms. The molecule has 1 saturated carbocycles. The molecule has 1 aromatic carbocycles. The van der Waals surface area contributed by atoms with Crippen LogP contribution in [0, 0.1) is 16.7 Å². The summed E-state index contributed by atoms with van der Waals surface area (Å²) in [5, 5.41) is 8.79. The minimum Gasteiger partial charge on any atom is -0.321 e. The number of nitrogens with zero attached hydrogens (tertiary/aromatic N) is 1. The molecule has 0 bridgehead atoms. The molecule has 0 amide bonds. The van der Waals surface area contributed by atoms with E-state index in [0.29, 0.717) is 5.56 Å². The molecule has 72 valence electrons. The van der Waals surface area contributed by atoms with Crippen LogP contribution in [0.4, 0.5) is 0 Å². The second-order valence-electron chi connectivity index (χ2n) is 4.72. The standard InChI is InChI=1S/C12H14N2/c1-11(2)8-12(11,14)10-5-3-4-9(6-10)7-13/h3-6H,8,14H2,1-2H3. The van der Waals surface area contributed by atoms with Crippen LogP contribution in [0.3, 0.4) is 0 Å². The smallest absolute Gasteiger partial charge is 0.0991 e. The van der Waals surface area contributed by atoms with Gasteiger partial charge in [-0.2, -0.15) is 5.26 Å². The predicted molar refractivity (Wildman–Crippen MR) is 55.4 cm³/mol. The molecule has 1 fully saturated rings. The number of rotatable bonds is 1. The number of hydrogen-bond acceptors (Lipinski definition) is 2. The monoisotopic (exact) mass is 186 g/mol. The van der Waals surface area contributed by atoms with Gasteiger partial charge in [0.05, 0.1) is 11.6 Å². The van der Waals surface area contributed by atoms with Gasteiger partial charge >= 0.3 is 0 Å². The second-order valence-corrected chi connectivity index (χ2v) is 4.72. The summed E-state index contributed by atoms with van der Waals surface area (Å²) in [7, 11) is 0. The third kappa shape index (κ3) is 1.13. The maximum Gasteiger partial charge on any atom is 0.0991 e. The summed E-state index contributed by atoms with van der Waals surface area (Å²) in [6.45, 7) is 4.32. The van der Waals surface area contributed by atoms with Crippen LogP contribution in [0.15, 0.2) is 24.3 Å². The third-order valence-electron chi connectivity index (χ3n) is 3.31. The molecule has 0 aliphatic heterocycles. The van der Waals surface area contributed by atoms with E-state index >= 15 is 0 Å². The van der Waals surface area contributed by atoms with Gasteiger partial charge in [-0.3, -0.25) is 0 Å². The highest BCUT2D eigenvalue weighted by Crippen LogP contribution is 2.60. The zero-order valence-corrected chi connectivity index (χ0v) is 8.54. The van der Waals surface area contributed by atoms with Gasteiger partial charge in [-0.05, 0) is 29.5 Å². The fourth-order valence-electron chi connectivity index (χ4n) is 2.01. The van der Waals surface area contributed by atoms with E-state index in [2.05, 4.69) is 19.9 Å². The minimum absolute atomic E-state index is 0.168. The molecule has 0 spiro atoms. The molecular weight excluding hydrogens is 172 g/mol. The van der Waals surface area contributed by atoms with E-state index in [4.69, 9.17) is 11.0 Å². The van der Waals surface area contributed by atoms with Crippen molar-refractivity contribution in [3.05, 3.63) is 35.4 Å². The zero-order chi connectivity index (χ0) is 10.4.